The lowest BCUT2D eigenvalue weighted by Crippen LogP contribution is -2.48. The van der Waals surface area contributed by atoms with Crippen molar-refractivity contribution in [2.24, 2.45) is 0 Å². The van der Waals surface area contributed by atoms with Gasteiger partial charge in [0.1, 0.15) is 5.60 Å². The molecule has 3 rings (SSSR count). The first kappa shape index (κ1) is 15.0. The van der Waals surface area contributed by atoms with Crippen molar-refractivity contribution >= 4 is 11.5 Å². The molecule has 1 aromatic heterocycles. The minimum atomic E-state index is -0.433. The molecule has 0 bridgehead atoms. The number of morpholine rings is 1. The number of aliphatic hydroxyl groups is 1. The number of hydrogen-bond donors (Lipinski definition) is 1. The van der Waals surface area contributed by atoms with Gasteiger partial charge >= 0.3 is 5.69 Å². The van der Waals surface area contributed by atoms with Crippen LogP contribution in [0, 0.1) is 10.1 Å². The van der Waals surface area contributed by atoms with Gasteiger partial charge in [0.15, 0.2) is 0 Å². The first-order valence-electron chi connectivity index (χ1n) is 7.24. The number of aliphatic hydroxyl groups excluding tert-OH is 1. The fourth-order valence-corrected chi connectivity index (χ4v) is 2.92. The zero-order chi connectivity index (χ0) is 15.9. The van der Waals surface area contributed by atoms with Crippen LogP contribution in [0.5, 0.6) is 5.88 Å². The van der Waals surface area contributed by atoms with Crippen LogP contribution in [0.2, 0.25) is 0 Å². The van der Waals surface area contributed by atoms with Crippen LogP contribution >= 0.6 is 0 Å². The summed E-state index contributed by atoms with van der Waals surface area (Å²) < 4.78 is 11.1. The van der Waals surface area contributed by atoms with Crippen LogP contribution in [0.3, 0.4) is 0 Å². The van der Waals surface area contributed by atoms with E-state index in [9.17, 15) is 15.2 Å². The second-order valence-electron chi connectivity index (χ2n) is 6.20. The van der Waals surface area contributed by atoms with E-state index in [2.05, 4.69) is 4.98 Å². The Bertz CT molecular complexity index is 604. The fourth-order valence-electron chi connectivity index (χ4n) is 2.92. The zero-order valence-electron chi connectivity index (χ0n) is 12.6. The van der Waals surface area contributed by atoms with Gasteiger partial charge in [-0.15, -0.1) is 0 Å². The van der Waals surface area contributed by atoms with Crippen LogP contribution in [-0.4, -0.2) is 53.0 Å². The Morgan fingerprint density at radius 1 is 1.59 bits per heavy atom. The Hall–Kier alpha value is -1.93. The van der Waals surface area contributed by atoms with Gasteiger partial charge in [-0.25, -0.2) is 0 Å². The maximum Gasteiger partial charge on any atom is 0.312 e. The van der Waals surface area contributed by atoms with Crippen LogP contribution < -0.4 is 9.64 Å². The highest BCUT2D eigenvalue weighted by Crippen LogP contribution is 2.40. The van der Waals surface area contributed by atoms with E-state index in [1.54, 1.807) is 4.90 Å². The number of anilines is 1. The van der Waals surface area contributed by atoms with Gasteiger partial charge in [0.2, 0.25) is 11.7 Å². The maximum atomic E-state index is 11.4. The van der Waals surface area contributed by atoms with Gasteiger partial charge in [-0.2, -0.15) is 4.98 Å². The van der Waals surface area contributed by atoms with Crippen molar-refractivity contribution in [2.75, 3.05) is 31.3 Å². The van der Waals surface area contributed by atoms with Crippen LogP contribution in [0.25, 0.3) is 0 Å². The molecule has 0 amide bonds. The molecule has 2 aliphatic heterocycles. The summed E-state index contributed by atoms with van der Waals surface area (Å²) in [6.07, 6.45) is 0.586. The highest BCUT2D eigenvalue weighted by Gasteiger charge is 2.37. The minimum Gasteiger partial charge on any atom is -0.471 e. The third-order valence-corrected chi connectivity index (χ3v) is 3.92. The molecule has 0 spiro atoms. The van der Waals surface area contributed by atoms with E-state index < -0.39 is 10.5 Å². The van der Waals surface area contributed by atoms with Crippen LogP contribution in [0.4, 0.5) is 11.5 Å². The molecular weight excluding hydrogens is 290 g/mol. The molecule has 3 heterocycles. The normalized spacial score (nSPS) is 23.0. The number of rotatable bonds is 3. The molecule has 0 aromatic carbocycles. The van der Waals surface area contributed by atoms with Crippen molar-refractivity contribution in [2.45, 2.75) is 31.9 Å². The van der Waals surface area contributed by atoms with E-state index in [4.69, 9.17) is 9.47 Å². The van der Waals surface area contributed by atoms with E-state index in [1.807, 2.05) is 13.8 Å². The molecule has 2 aliphatic rings. The van der Waals surface area contributed by atoms with Crippen LogP contribution in [0.15, 0.2) is 6.07 Å². The number of pyridine rings is 1. The van der Waals surface area contributed by atoms with E-state index in [1.165, 1.54) is 6.07 Å². The molecule has 0 radical (unpaired) electrons. The van der Waals surface area contributed by atoms with Gasteiger partial charge in [0.25, 0.3) is 0 Å². The summed E-state index contributed by atoms with van der Waals surface area (Å²) in [4.78, 5) is 17.1. The monoisotopic (exact) mass is 309 g/mol. The third kappa shape index (κ3) is 2.59. The second kappa shape index (κ2) is 5.36. The van der Waals surface area contributed by atoms with Crippen molar-refractivity contribution in [1.29, 1.82) is 0 Å². The fraction of sp³-hybridized carbons (Fsp3) is 0.643. The van der Waals surface area contributed by atoms with Gasteiger partial charge in [-0.1, -0.05) is 0 Å². The topological polar surface area (TPSA) is 98.0 Å². The predicted octanol–water partition coefficient (Wildman–Crippen LogP) is 0.901. The lowest BCUT2D eigenvalue weighted by Gasteiger charge is -2.35. The SMILES string of the molecule is CC1(C)Cc2cc([N+](=O)[O-])c(N3CCOCC3CO)nc2O1. The maximum absolute atomic E-state index is 11.4. The van der Waals surface area contributed by atoms with Crippen LogP contribution in [-0.2, 0) is 11.2 Å². The summed E-state index contributed by atoms with van der Waals surface area (Å²) in [5.74, 6) is 0.678. The second-order valence-corrected chi connectivity index (χ2v) is 6.20. The average Bonchev–Trinajstić information content (AvgIpc) is 2.78. The molecule has 0 aliphatic carbocycles. The Labute approximate surface area is 127 Å². The van der Waals surface area contributed by atoms with Gasteiger partial charge in [0, 0.05) is 24.6 Å². The summed E-state index contributed by atoms with van der Waals surface area (Å²) in [7, 11) is 0. The van der Waals surface area contributed by atoms with Crippen molar-refractivity contribution in [3.05, 3.63) is 21.7 Å². The molecule has 22 heavy (non-hydrogen) atoms. The van der Waals surface area contributed by atoms with Crippen LogP contribution in [0.1, 0.15) is 19.4 Å². The molecule has 0 saturated carbocycles. The highest BCUT2D eigenvalue weighted by atomic mass is 16.6. The van der Waals surface area contributed by atoms with E-state index in [-0.39, 0.29) is 24.2 Å². The number of ether oxygens (including phenoxy) is 2. The number of hydrogen-bond acceptors (Lipinski definition) is 7. The Balaban J connectivity index is 2.05. The van der Waals surface area contributed by atoms with Crippen molar-refractivity contribution in [3.8, 4) is 5.88 Å². The smallest absolute Gasteiger partial charge is 0.312 e. The number of nitro groups is 1. The molecule has 1 saturated heterocycles. The van der Waals surface area contributed by atoms with Gasteiger partial charge in [0.05, 0.1) is 30.8 Å². The van der Waals surface area contributed by atoms with Gasteiger partial charge < -0.3 is 19.5 Å². The average molecular weight is 309 g/mol. The number of nitrogens with zero attached hydrogens (tertiary/aromatic N) is 3. The Kier molecular flexibility index (Phi) is 3.65. The van der Waals surface area contributed by atoms with Crippen molar-refractivity contribution in [1.82, 2.24) is 4.98 Å². The van der Waals surface area contributed by atoms with Crippen molar-refractivity contribution in [3.63, 3.8) is 0 Å². The first-order chi connectivity index (χ1) is 10.4. The summed E-state index contributed by atoms with van der Waals surface area (Å²) in [6.45, 7) is 4.90. The third-order valence-electron chi connectivity index (χ3n) is 3.92. The summed E-state index contributed by atoms with van der Waals surface area (Å²) in [5, 5.41) is 20.9. The molecular formula is C14H19N3O5. The summed E-state index contributed by atoms with van der Waals surface area (Å²) >= 11 is 0. The molecule has 1 atom stereocenters. The van der Waals surface area contributed by atoms with E-state index >= 15 is 0 Å². The molecule has 1 fully saturated rings. The first-order valence-corrected chi connectivity index (χ1v) is 7.24. The Morgan fingerprint density at radius 2 is 2.36 bits per heavy atom. The molecule has 120 valence electrons. The standard InChI is InChI=1S/C14H19N3O5/c1-14(2)6-9-5-11(17(19)20)12(15-13(9)22-14)16-3-4-21-8-10(16)7-18/h5,10,18H,3-4,6-8H2,1-2H3. The van der Waals surface area contributed by atoms with E-state index in [0.29, 0.717) is 32.1 Å². The Morgan fingerprint density at radius 3 is 3.05 bits per heavy atom. The molecule has 1 unspecified atom stereocenters. The van der Waals surface area contributed by atoms with Crippen molar-refractivity contribution < 1.29 is 19.5 Å². The zero-order valence-corrected chi connectivity index (χ0v) is 12.6. The van der Waals surface area contributed by atoms with Gasteiger partial charge in [-0.05, 0) is 13.8 Å². The minimum absolute atomic E-state index is 0.0552. The molecule has 8 nitrogen and oxygen atoms in total. The highest BCUT2D eigenvalue weighted by molar-refractivity contribution is 5.62. The summed E-state index contributed by atoms with van der Waals surface area (Å²) in [5.41, 5.74) is 0.276. The summed E-state index contributed by atoms with van der Waals surface area (Å²) in [6, 6.07) is 1.20. The number of fused-ring (bicyclic) bond motifs is 1. The largest absolute Gasteiger partial charge is 0.471 e. The van der Waals surface area contributed by atoms with Gasteiger partial charge in [-0.3, -0.25) is 10.1 Å². The quantitative estimate of drug-likeness (QED) is 0.654. The lowest BCUT2D eigenvalue weighted by molar-refractivity contribution is -0.384. The molecule has 8 heteroatoms. The molecule has 1 aromatic rings. The molecule has 1 N–H and O–H groups in total. The van der Waals surface area contributed by atoms with E-state index in [0.717, 1.165) is 5.56 Å². The predicted molar refractivity (Wildman–Crippen MR) is 78.3 cm³/mol. The lowest BCUT2D eigenvalue weighted by atomic mass is 10.0. The number of aromatic nitrogens is 1.